The van der Waals surface area contributed by atoms with E-state index >= 15 is 0 Å². The Morgan fingerprint density at radius 3 is 2.71 bits per heavy atom. The quantitative estimate of drug-likeness (QED) is 0.773. The minimum Gasteiger partial charge on any atom is -0.378 e. The number of benzene rings is 1. The van der Waals surface area contributed by atoms with E-state index in [1.165, 1.54) is 12.8 Å². The lowest BCUT2D eigenvalue weighted by Gasteiger charge is -2.22. The third kappa shape index (κ3) is 5.14. The smallest absolute Gasteiger partial charge is 0.240 e. The second kappa shape index (κ2) is 8.15. The van der Waals surface area contributed by atoms with Crippen molar-refractivity contribution in [3.8, 4) is 0 Å². The van der Waals surface area contributed by atoms with E-state index in [2.05, 4.69) is 4.90 Å². The van der Waals surface area contributed by atoms with Gasteiger partial charge in [0.05, 0.1) is 12.6 Å². The number of amides is 1. The average molecular weight is 290 g/mol. The van der Waals surface area contributed by atoms with E-state index in [1.54, 1.807) is 4.90 Å². The van der Waals surface area contributed by atoms with Gasteiger partial charge in [0.15, 0.2) is 0 Å². The van der Waals surface area contributed by atoms with Crippen molar-refractivity contribution in [1.82, 2.24) is 4.90 Å². The Bertz CT molecular complexity index is 430. The number of para-hydroxylation sites is 1. The van der Waals surface area contributed by atoms with Crippen molar-refractivity contribution in [2.24, 2.45) is 0 Å². The van der Waals surface area contributed by atoms with E-state index in [1.807, 2.05) is 44.4 Å². The molecule has 1 atom stereocenters. The summed E-state index contributed by atoms with van der Waals surface area (Å²) in [5.74, 6) is 0.126. The second-order valence-corrected chi connectivity index (χ2v) is 5.80. The number of anilines is 1. The molecule has 1 aromatic rings. The maximum Gasteiger partial charge on any atom is 0.240 e. The van der Waals surface area contributed by atoms with Gasteiger partial charge < -0.3 is 9.64 Å². The summed E-state index contributed by atoms with van der Waals surface area (Å²) in [5.41, 5.74) is 0.940. The lowest BCUT2D eigenvalue weighted by Crippen LogP contribution is -2.37. The minimum atomic E-state index is 0.126. The molecule has 0 aliphatic carbocycles. The predicted molar refractivity (Wildman–Crippen MR) is 85.6 cm³/mol. The zero-order valence-electron chi connectivity index (χ0n) is 13.1. The Balaban J connectivity index is 1.69. The van der Waals surface area contributed by atoms with Gasteiger partial charge in [0.25, 0.3) is 0 Å². The summed E-state index contributed by atoms with van der Waals surface area (Å²) in [4.78, 5) is 16.0. The van der Waals surface area contributed by atoms with Crippen LogP contribution in [0, 0.1) is 0 Å². The summed E-state index contributed by atoms with van der Waals surface area (Å²) >= 11 is 0. The lowest BCUT2D eigenvalue weighted by atomic mass is 10.1. The van der Waals surface area contributed by atoms with Crippen molar-refractivity contribution < 1.29 is 9.53 Å². The maximum atomic E-state index is 12.2. The molecule has 1 amide bonds. The first-order valence-corrected chi connectivity index (χ1v) is 7.78. The first kappa shape index (κ1) is 16.0. The van der Waals surface area contributed by atoms with Crippen LogP contribution >= 0.6 is 0 Å². The molecule has 21 heavy (non-hydrogen) atoms. The van der Waals surface area contributed by atoms with Crippen LogP contribution in [0.4, 0.5) is 5.69 Å². The van der Waals surface area contributed by atoms with Gasteiger partial charge in [0.1, 0.15) is 0 Å². The van der Waals surface area contributed by atoms with Crippen molar-refractivity contribution in [2.45, 2.75) is 31.8 Å². The van der Waals surface area contributed by atoms with Gasteiger partial charge >= 0.3 is 0 Å². The third-order valence-corrected chi connectivity index (χ3v) is 4.01. The van der Waals surface area contributed by atoms with Crippen LogP contribution in [0.3, 0.4) is 0 Å². The number of likely N-dealkylation sites (N-methyl/N-ethyl adjacent to an activating group) is 2. The molecule has 1 heterocycles. The van der Waals surface area contributed by atoms with Gasteiger partial charge in [-0.15, -0.1) is 0 Å². The molecular formula is C17H26N2O2. The molecule has 0 spiro atoms. The Hall–Kier alpha value is -1.39. The van der Waals surface area contributed by atoms with Crippen LogP contribution in [-0.2, 0) is 9.53 Å². The van der Waals surface area contributed by atoms with Crippen LogP contribution in [0.2, 0.25) is 0 Å². The third-order valence-electron chi connectivity index (χ3n) is 4.01. The van der Waals surface area contributed by atoms with Gasteiger partial charge in [-0.05, 0) is 51.4 Å². The van der Waals surface area contributed by atoms with E-state index in [9.17, 15) is 4.79 Å². The topological polar surface area (TPSA) is 32.8 Å². The van der Waals surface area contributed by atoms with Gasteiger partial charge in [-0.2, -0.15) is 0 Å². The number of rotatable bonds is 7. The summed E-state index contributed by atoms with van der Waals surface area (Å²) in [5, 5.41) is 0. The Morgan fingerprint density at radius 1 is 1.29 bits per heavy atom. The molecule has 116 valence electrons. The molecule has 0 bridgehead atoms. The SMILES string of the molecule is CN(CCC[C@@H]1CCCO1)CC(=O)N(C)c1ccccc1. The summed E-state index contributed by atoms with van der Waals surface area (Å²) in [6.07, 6.45) is 5.03. The van der Waals surface area contributed by atoms with Crippen molar-refractivity contribution >= 4 is 11.6 Å². The Labute approximate surface area is 127 Å². The van der Waals surface area contributed by atoms with Crippen molar-refractivity contribution in [1.29, 1.82) is 0 Å². The second-order valence-electron chi connectivity index (χ2n) is 5.80. The molecule has 1 fully saturated rings. The highest BCUT2D eigenvalue weighted by Crippen LogP contribution is 2.17. The molecule has 0 radical (unpaired) electrons. The predicted octanol–water partition coefficient (Wildman–Crippen LogP) is 2.54. The van der Waals surface area contributed by atoms with Crippen LogP contribution in [-0.4, -0.2) is 50.7 Å². The molecule has 0 unspecified atom stereocenters. The largest absolute Gasteiger partial charge is 0.378 e. The van der Waals surface area contributed by atoms with Gasteiger partial charge in [-0.3, -0.25) is 9.69 Å². The van der Waals surface area contributed by atoms with E-state index in [0.717, 1.165) is 31.7 Å². The minimum absolute atomic E-state index is 0.126. The Morgan fingerprint density at radius 2 is 2.05 bits per heavy atom. The maximum absolute atomic E-state index is 12.2. The molecule has 4 nitrogen and oxygen atoms in total. The highest BCUT2D eigenvalue weighted by Gasteiger charge is 2.16. The van der Waals surface area contributed by atoms with Gasteiger partial charge in [0, 0.05) is 19.3 Å². The molecule has 1 aromatic carbocycles. The number of ether oxygens (including phenoxy) is 1. The number of hydrogen-bond acceptors (Lipinski definition) is 3. The first-order chi connectivity index (χ1) is 10.2. The molecule has 0 N–H and O–H groups in total. The summed E-state index contributed by atoms with van der Waals surface area (Å²) < 4.78 is 5.62. The zero-order chi connectivity index (χ0) is 15.1. The molecular weight excluding hydrogens is 264 g/mol. The van der Waals surface area contributed by atoms with Crippen LogP contribution < -0.4 is 4.90 Å². The van der Waals surface area contributed by atoms with Crippen LogP contribution in [0.1, 0.15) is 25.7 Å². The number of hydrogen-bond donors (Lipinski definition) is 0. The van der Waals surface area contributed by atoms with E-state index < -0.39 is 0 Å². The Kier molecular flexibility index (Phi) is 6.21. The van der Waals surface area contributed by atoms with Gasteiger partial charge in [-0.25, -0.2) is 0 Å². The van der Waals surface area contributed by atoms with Crippen molar-refractivity contribution in [3.63, 3.8) is 0 Å². The highest BCUT2D eigenvalue weighted by atomic mass is 16.5. The molecule has 0 saturated carbocycles. The normalized spacial score (nSPS) is 18.1. The van der Waals surface area contributed by atoms with Crippen LogP contribution in [0.15, 0.2) is 30.3 Å². The van der Waals surface area contributed by atoms with E-state index in [4.69, 9.17) is 4.74 Å². The van der Waals surface area contributed by atoms with Gasteiger partial charge in [-0.1, -0.05) is 18.2 Å². The average Bonchev–Trinajstić information content (AvgIpc) is 3.00. The van der Waals surface area contributed by atoms with E-state index in [-0.39, 0.29) is 5.91 Å². The molecule has 1 aliphatic heterocycles. The lowest BCUT2D eigenvalue weighted by molar-refractivity contribution is -0.119. The summed E-state index contributed by atoms with van der Waals surface area (Å²) in [7, 11) is 3.84. The fourth-order valence-corrected chi connectivity index (χ4v) is 2.67. The molecule has 4 heteroatoms. The van der Waals surface area contributed by atoms with Gasteiger partial charge in [0.2, 0.25) is 5.91 Å². The monoisotopic (exact) mass is 290 g/mol. The number of carbonyl (C=O) groups is 1. The molecule has 2 rings (SSSR count). The summed E-state index contributed by atoms with van der Waals surface area (Å²) in [6, 6.07) is 9.76. The van der Waals surface area contributed by atoms with Crippen molar-refractivity contribution in [2.75, 3.05) is 38.7 Å². The number of nitrogens with zero attached hydrogens (tertiary/aromatic N) is 2. The fraction of sp³-hybridized carbons (Fsp3) is 0.588. The van der Waals surface area contributed by atoms with E-state index in [0.29, 0.717) is 12.6 Å². The fourth-order valence-electron chi connectivity index (χ4n) is 2.67. The molecule has 1 saturated heterocycles. The standard InChI is InChI=1S/C17H26N2O2/c1-18(12-6-10-16-11-7-13-21-16)14-17(20)19(2)15-8-4-3-5-9-15/h3-5,8-9,16H,6-7,10-14H2,1-2H3/t16-/m1/s1. The zero-order valence-corrected chi connectivity index (χ0v) is 13.1. The molecule has 1 aliphatic rings. The van der Waals surface area contributed by atoms with Crippen LogP contribution in [0.25, 0.3) is 0 Å². The highest BCUT2D eigenvalue weighted by molar-refractivity contribution is 5.94. The first-order valence-electron chi connectivity index (χ1n) is 7.78. The van der Waals surface area contributed by atoms with Crippen molar-refractivity contribution in [3.05, 3.63) is 30.3 Å². The summed E-state index contributed by atoms with van der Waals surface area (Å²) in [6.45, 7) is 2.31. The number of carbonyl (C=O) groups excluding carboxylic acids is 1. The van der Waals surface area contributed by atoms with Crippen LogP contribution in [0.5, 0.6) is 0 Å². The molecule has 0 aromatic heterocycles.